The lowest BCUT2D eigenvalue weighted by Crippen LogP contribution is -2.33. The highest BCUT2D eigenvalue weighted by atomic mass is 16.6. The summed E-state index contributed by atoms with van der Waals surface area (Å²) in [6, 6.07) is 0. The lowest BCUT2D eigenvalue weighted by molar-refractivity contribution is -0.539. The molecule has 0 bridgehead atoms. The molecule has 1 radical (unpaired) electrons. The Labute approximate surface area is 59.2 Å². The van der Waals surface area contributed by atoms with E-state index in [1.807, 2.05) is 0 Å². The SMILES string of the molecule is CC1([N+](=O)[O-])[CH]C=CC=C1. The molecule has 1 rings (SSSR count). The van der Waals surface area contributed by atoms with Crippen molar-refractivity contribution in [3.05, 3.63) is 40.8 Å². The van der Waals surface area contributed by atoms with Gasteiger partial charge in [0.1, 0.15) is 0 Å². The van der Waals surface area contributed by atoms with E-state index in [1.54, 1.807) is 37.6 Å². The first kappa shape index (κ1) is 6.99. The monoisotopic (exact) mass is 138 g/mol. The van der Waals surface area contributed by atoms with E-state index in [9.17, 15) is 10.1 Å². The van der Waals surface area contributed by atoms with Crippen LogP contribution in [-0.4, -0.2) is 10.5 Å². The van der Waals surface area contributed by atoms with Crippen molar-refractivity contribution in [1.29, 1.82) is 0 Å². The minimum Gasteiger partial charge on any atom is -0.264 e. The smallest absolute Gasteiger partial charge is 0.244 e. The Balaban J connectivity index is 2.80. The first-order chi connectivity index (χ1) is 4.65. The Morgan fingerprint density at radius 1 is 1.40 bits per heavy atom. The molecule has 1 atom stereocenters. The molecule has 0 aromatic carbocycles. The summed E-state index contributed by atoms with van der Waals surface area (Å²) in [5.41, 5.74) is -0.991. The van der Waals surface area contributed by atoms with E-state index in [0.717, 1.165) is 0 Å². The molecule has 0 aliphatic heterocycles. The van der Waals surface area contributed by atoms with Crippen molar-refractivity contribution >= 4 is 0 Å². The number of allylic oxidation sites excluding steroid dienone is 2. The molecule has 0 aromatic heterocycles. The number of hydrogen-bond donors (Lipinski definition) is 0. The van der Waals surface area contributed by atoms with Gasteiger partial charge < -0.3 is 0 Å². The molecule has 0 aromatic rings. The van der Waals surface area contributed by atoms with Gasteiger partial charge >= 0.3 is 0 Å². The third-order valence-electron chi connectivity index (χ3n) is 1.48. The summed E-state index contributed by atoms with van der Waals surface area (Å²) >= 11 is 0. The van der Waals surface area contributed by atoms with Crippen molar-refractivity contribution in [2.45, 2.75) is 12.5 Å². The molecule has 3 nitrogen and oxygen atoms in total. The second kappa shape index (κ2) is 2.25. The molecule has 3 heteroatoms. The number of nitrogens with zero attached hydrogens (tertiary/aromatic N) is 1. The van der Waals surface area contributed by atoms with E-state index in [4.69, 9.17) is 0 Å². The van der Waals surface area contributed by atoms with Crippen LogP contribution in [0.4, 0.5) is 0 Å². The van der Waals surface area contributed by atoms with Crippen molar-refractivity contribution in [2.75, 3.05) is 0 Å². The Bertz CT molecular complexity index is 208. The first-order valence-corrected chi connectivity index (χ1v) is 3.00. The zero-order chi connectivity index (χ0) is 7.61. The highest BCUT2D eigenvalue weighted by Gasteiger charge is 2.33. The standard InChI is InChI=1S/C7H8NO2/c1-7(8(9)10)5-3-2-4-6-7/h2-6H,1H3. The molecule has 0 N–H and O–H groups in total. The minimum absolute atomic E-state index is 0.312. The van der Waals surface area contributed by atoms with Crippen LogP contribution in [0, 0.1) is 16.5 Å². The van der Waals surface area contributed by atoms with Crippen LogP contribution >= 0.6 is 0 Å². The van der Waals surface area contributed by atoms with Crippen LogP contribution in [0.15, 0.2) is 24.3 Å². The quantitative estimate of drug-likeness (QED) is 0.405. The van der Waals surface area contributed by atoms with Crippen LogP contribution in [0.25, 0.3) is 0 Å². The third-order valence-corrected chi connectivity index (χ3v) is 1.48. The average Bonchev–Trinajstić information content (AvgIpc) is 1.89. The van der Waals surface area contributed by atoms with Crippen molar-refractivity contribution < 1.29 is 4.92 Å². The van der Waals surface area contributed by atoms with Crippen molar-refractivity contribution in [3.8, 4) is 0 Å². The molecular formula is C7H8NO2. The molecule has 0 heterocycles. The normalized spacial score (nSPS) is 30.5. The number of hydrogen-bond acceptors (Lipinski definition) is 2. The minimum atomic E-state index is -0.991. The van der Waals surface area contributed by atoms with Crippen LogP contribution in [0.2, 0.25) is 0 Å². The summed E-state index contributed by atoms with van der Waals surface area (Å²) in [4.78, 5) is 10.1. The fourth-order valence-corrected chi connectivity index (χ4v) is 0.742. The fourth-order valence-electron chi connectivity index (χ4n) is 0.742. The predicted molar refractivity (Wildman–Crippen MR) is 38.0 cm³/mol. The van der Waals surface area contributed by atoms with E-state index in [-0.39, 0.29) is 4.92 Å². The Kier molecular flexibility index (Phi) is 1.57. The number of nitro groups is 1. The van der Waals surface area contributed by atoms with Gasteiger partial charge in [0.15, 0.2) is 0 Å². The third kappa shape index (κ3) is 1.07. The van der Waals surface area contributed by atoms with E-state index in [0.29, 0.717) is 0 Å². The van der Waals surface area contributed by atoms with Gasteiger partial charge in [0.25, 0.3) is 0 Å². The largest absolute Gasteiger partial charge is 0.264 e. The topological polar surface area (TPSA) is 43.1 Å². The lowest BCUT2D eigenvalue weighted by atomic mass is 9.95. The van der Waals surface area contributed by atoms with Crippen LogP contribution < -0.4 is 0 Å². The highest BCUT2D eigenvalue weighted by molar-refractivity contribution is 5.25. The average molecular weight is 138 g/mol. The van der Waals surface area contributed by atoms with Gasteiger partial charge in [-0.3, -0.25) is 10.1 Å². The Morgan fingerprint density at radius 2 is 2.10 bits per heavy atom. The van der Waals surface area contributed by atoms with Crippen LogP contribution in [0.1, 0.15) is 6.92 Å². The second-order valence-electron chi connectivity index (χ2n) is 2.39. The summed E-state index contributed by atoms with van der Waals surface area (Å²) in [5.74, 6) is 0. The Hall–Kier alpha value is -1.12. The Morgan fingerprint density at radius 3 is 2.40 bits per heavy atom. The maximum atomic E-state index is 10.4. The molecule has 1 aliphatic carbocycles. The van der Waals surface area contributed by atoms with Crippen LogP contribution in [-0.2, 0) is 0 Å². The number of rotatable bonds is 1. The fraction of sp³-hybridized carbons (Fsp3) is 0.286. The van der Waals surface area contributed by atoms with Gasteiger partial charge in [0.2, 0.25) is 5.54 Å². The molecule has 1 unspecified atom stereocenters. The molecule has 0 fully saturated rings. The molecular weight excluding hydrogens is 130 g/mol. The summed E-state index contributed by atoms with van der Waals surface area (Å²) in [6.07, 6.45) is 8.26. The maximum Gasteiger partial charge on any atom is 0.244 e. The molecule has 0 spiro atoms. The van der Waals surface area contributed by atoms with Gasteiger partial charge in [0, 0.05) is 11.8 Å². The molecule has 0 saturated carbocycles. The second-order valence-corrected chi connectivity index (χ2v) is 2.39. The lowest BCUT2D eigenvalue weighted by Gasteiger charge is -2.15. The van der Waals surface area contributed by atoms with Gasteiger partial charge in [0.05, 0.1) is 6.42 Å². The van der Waals surface area contributed by atoms with Gasteiger partial charge in [-0.2, -0.15) is 0 Å². The van der Waals surface area contributed by atoms with Crippen molar-refractivity contribution in [3.63, 3.8) is 0 Å². The molecule has 0 saturated heterocycles. The van der Waals surface area contributed by atoms with E-state index in [1.165, 1.54) is 0 Å². The summed E-state index contributed by atoms with van der Waals surface area (Å²) in [6.45, 7) is 1.56. The molecule has 53 valence electrons. The highest BCUT2D eigenvalue weighted by Crippen LogP contribution is 2.18. The van der Waals surface area contributed by atoms with E-state index >= 15 is 0 Å². The zero-order valence-corrected chi connectivity index (χ0v) is 5.65. The zero-order valence-electron chi connectivity index (χ0n) is 5.65. The summed E-state index contributed by atoms with van der Waals surface area (Å²) in [5, 5.41) is 10.4. The van der Waals surface area contributed by atoms with Gasteiger partial charge in [-0.05, 0) is 6.08 Å². The molecule has 0 amide bonds. The molecule has 10 heavy (non-hydrogen) atoms. The maximum absolute atomic E-state index is 10.4. The summed E-state index contributed by atoms with van der Waals surface area (Å²) < 4.78 is 0. The summed E-state index contributed by atoms with van der Waals surface area (Å²) in [7, 11) is 0. The van der Waals surface area contributed by atoms with E-state index in [2.05, 4.69) is 0 Å². The van der Waals surface area contributed by atoms with Crippen molar-refractivity contribution in [1.82, 2.24) is 0 Å². The van der Waals surface area contributed by atoms with Gasteiger partial charge in [-0.1, -0.05) is 18.2 Å². The van der Waals surface area contributed by atoms with Gasteiger partial charge in [-0.25, -0.2) is 0 Å². The predicted octanol–water partition coefficient (Wildman–Crippen LogP) is 1.35. The van der Waals surface area contributed by atoms with Crippen molar-refractivity contribution in [2.24, 2.45) is 0 Å². The first-order valence-electron chi connectivity index (χ1n) is 3.00. The van der Waals surface area contributed by atoms with Crippen LogP contribution in [0.5, 0.6) is 0 Å². The molecule has 1 aliphatic rings. The van der Waals surface area contributed by atoms with E-state index < -0.39 is 5.54 Å². The van der Waals surface area contributed by atoms with Gasteiger partial charge in [-0.15, -0.1) is 0 Å². The van der Waals surface area contributed by atoms with Crippen LogP contribution in [0.3, 0.4) is 0 Å².